The average Bonchev–Trinajstić information content (AvgIpc) is 2.95. The molecule has 0 fully saturated rings. The van der Waals surface area contributed by atoms with Crippen molar-refractivity contribution in [3.05, 3.63) is 41.7 Å². The van der Waals surface area contributed by atoms with Crippen molar-refractivity contribution < 1.29 is 14.1 Å². The lowest BCUT2D eigenvalue weighted by Crippen LogP contribution is -2.10. The molecule has 2 rings (SSSR count). The molecule has 0 aliphatic carbocycles. The molecule has 0 atom stereocenters. The Morgan fingerprint density at radius 1 is 1.35 bits per heavy atom. The number of ether oxygens (including phenoxy) is 1. The first-order valence-corrected chi connectivity index (χ1v) is 6.64. The lowest BCUT2D eigenvalue weighted by atomic mass is 10.1. The third-order valence-electron chi connectivity index (χ3n) is 2.95. The van der Waals surface area contributed by atoms with E-state index in [-0.39, 0.29) is 17.5 Å². The van der Waals surface area contributed by atoms with E-state index < -0.39 is 0 Å². The van der Waals surface area contributed by atoms with Gasteiger partial charge in [0.1, 0.15) is 0 Å². The molecule has 5 heteroatoms. The van der Waals surface area contributed by atoms with Crippen LogP contribution in [0, 0.1) is 0 Å². The largest absolute Gasteiger partial charge is 0.479 e. The van der Waals surface area contributed by atoms with Crippen LogP contribution in [0.15, 0.2) is 34.9 Å². The standard InChI is InChI=1S/C15H18N2O3/c1-3-4-5-11-6-8-12(9-7-11)16-15(18)13-10-14(19-2)17-20-13/h6-10H,3-5H2,1-2H3,(H,16,18). The summed E-state index contributed by atoms with van der Waals surface area (Å²) >= 11 is 0. The molecular weight excluding hydrogens is 256 g/mol. The number of anilines is 1. The van der Waals surface area contributed by atoms with E-state index in [2.05, 4.69) is 17.4 Å². The van der Waals surface area contributed by atoms with Gasteiger partial charge >= 0.3 is 0 Å². The predicted molar refractivity (Wildman–Crippen MR) is 76.1 cm³/mol. The fraction of sp³-hybridized carbons (Fsp3) is 0.333. The minimum absolute atomic E-state index is 0.122. The number of amides is 1. The fourth-order valence-corrected chi connectivity index (χ4v) is 1.79. The molecule has 0 saturated heterocycles. The molecule has 1 amide bonds. The Morgan fingerprint density at radius 3 is 2.70 bits per heavy atom. The van der Waals surface area contributed by atoms with Crippen molar-refractivity contribution in [2.75, 3.05) is 12.4 Å². The Labute approximate surface area is 117 Å². The zero-order valence-electron chi connectivity index (χ0n) is 11.7. The van der Waals surface area contributed by atoms with Crippen LogP contribution in [0.25, 0.3) is 0 Å². The normalized spacial score (nSPS) is 10.3. The lowest BCUT2D eigenvalue weighted by Gasteiger charge is -2.04. The number of hydrogen-bond acceptors (Lipinski definition) is 4. The molecule has 0 unspecified atom stereocenters. The second-order valence-electron chi connectivity index (χ2n) is 4.49. The van der Waals surface area contributed by atoms with Gasteiger partial charge < -0.3 is 14.6 Å². The Bertz CT molecular complexity index is 561. The number of methoxy groups -OCH3 is 1. The first-order chi connectivity index (χ1) is 9.72. The number of hydrogen-bond donors (Lipinski definition) is 1. The zero-order chi connectivity index (χ0) is 14.4. The van der Waals surface area contributed by atoms with E-state index in [0.717, 1.165) is 12.1 Å². The molecule has 0 aliphatic heterocycles. The van der Waals surface area contributed by atoms with Crippen LogP contribution in [0.2, 0.25) is 0 Å². The van der Waals surface area contributed by atoms with Crippen molar-refractivity contribution in [2.45, 2.75) is 26.2 Å². The van der Waals surface area contributed by atoms with Crippen LogP contribution in [-0.2, 0) is 6.42 Å². The van der Waals surface area contributed by atoms with Gasteiger partial charge in [-0.15, -0.1) is 0 Å². The van der Waals surface area contributed by atoms with Crippen LogP contribution in [0.3, 0.4) is 0 Å². The molecular formula is C15H18N2O3. The first kappa shape index (κ1) is 14.1. The van der Waals surface area contributed by atoms with Gasteiger partial charge in [-0.3, -0.25) is 4.79 Å². The van der Waals surface area contributed by atoms with Crippen LogP contribution in [0.4, 0.5) is 5.69 Å². The Hall–Kier alpha value is -2.30. The molecule has 2 aromatic rings. The quantitative estimate of drug-likeness (QED) is 0.878. The number of nitrogens with zero attached hydrogens (tertiary/aromatic N) is 1. The van der Waals surface area contributed by atoms with Crippen LogP contribution >= 0.6 is 0 Å². The number of benzene rings is 1. The van der Waals surface area contributed by atoms with E-state index in [1.54, 1.807) is 0 Å². The molecule has 0 spiro atoms. The molecule has 0 saturated carbocycles. The zero-order valence-corrected chi connectivity index (χ0v) is 11.7. The summed E-state index contributed by atoms with van der Waals surface area (Å²) in [5, 5.41) is 6.34. The van der Waals surface area contributed by atoms with Gasteiger partial charge in [-0.2, -0.15) is 0 Å². The van der Waals surface area contributed by atoms with Gasteiger partial charge in [0, 0.05) is 5.69 Å². The number of unbranched alkanes of at least 4 members (excludes halogenated alkanes) is 1. The van der Waals surface area contributed by atoms with E-state index in [9.17, 15) is 4.79 Å². The monoisotopic (exact) mass is 274 g/mol. The van der Waals surface area contributed by atoms with Gasteiger partial charge in [-0.05, 0) is 35.7 Å². The number of aryl methyl sites for hydroxylation is 1. The lowest BCUT2D eigenvalue weighted by molar-refractivity contribution is 0.0987. The molecule has 0 bridgehead atoms. The van der Waals surface area contributed by atoms with Crippen molar-refractivity contribution in [1.82, 2.24) is 5.16 Å². The predicted octanol–water partition coefficient (Wildman–Crippen LogP) is 3.28. The van der Waals surface area contributed by atoms with Gasteiger partial charge in [0.05, 0.1) is 13.2 Å². The highest BCUT2D eigenvalue weighted by molar-refractivity contribution is 6.02. The number of rotatable bonds is 6. The van der Waals surface area contributed by atoms with Gasteiger partial charge in [0.25, 0.3) is 11.8 Å². The molecule has 0 radical (unpaired) electrons. The third-order valence-corrected chi connectivity index (χ3v) is 2.95. The summed E-state index contributed by atoms with van der Waals surface area (Å²) in [6.45, 7) is 2.17. The van der Waals surface area contributed by atoms with Gasteiger partial charge in [0.2, 0.25) is 5.76 Å². The molecule has 0 aliphatic rings. The van der Waals surface area contributed by atoms with Crippen molar-refractivity contribution in [2.24, 2.45) is 0 Å². The minimum atomic E-state index is -0.345. The summed E-state index contributed by atoms with van der Waals surface area (Å²) < 4.78 is 9.74. The molecule has 1 N–H and O–H groups in total. The molecule has 1 aromatic carbocycles. The molecule has 106 valence electrons. The average molecular weight is 274 g/mol. The smallest absolute Gasteiger partial charge is 0.294 e. The summed E-state index contributed by atoms with van der Waals surface area (Å²) in [6, 6.07) is 9.26. The van der Waals surface area contributed by atoms with E-state index in [0.29, 0.717) is 0 Å². The fourth-order valence-electron chi connectivity index (χ4n) is 1.79. The molecule has 1 heterocycles. The van der Waals surface area contributed by atoms with E-state index in [4.69, 9.17) is 9.26 Å². The summed E-state index contributed by atoms with van der Waals surface area (Å²) in [4.78, 5) is 11.9. The summed E-state index contributed by atoms with van der Waals surface area (Å²) in [5.74, 6) is 0.0593. The summed E-state index contributed by atoms with van der Waals surface area (Å²) in [5.41, 5.74) is 2.00. The number of carbonyl (C=O) groups excluding carboxylic acids is 1. The maximum absolute atomic E-state index is 11.9. The SMILES string of the molecule is CCCCc1ccc(NC(=O)c2cc(OC)no2)cc1. The van der Waals surface area contributed by atoms with E-state index in [1.165, 1.54) is 31.6 Å². The second kappa shape index (κ2) is 6.75. The number of aromatic nitrogens is 1. The van der Waals surface area contributed by atoms with Crippen LogP contribution < -0.4 is 10.1 Å². The van der Waals surface area contributed by atoms with Crippen molar-refractivity contribution in [3.63, 3.8) is 0 Å². The van der Waals surface area contributed by atoms with Crippen LogP contribution in [0.1, 0.15) is 35.9 Å². The minimum Gasteiger partial charge on any atom is -0.479 e. The highest BCUT2D eigenvalue weighted by Crippen LogP contribution is 2.15. The van der Waals surface area contributed by atoms with Gasteiger partial charge in [0.15, 0.2) is 0 Å². The van der Waals surface area contributed by atoms with E-state index >= 15 is 0 Å². The summed E-state index contributed by atoms with van der Waals surface area (Å²) in [7, 11) is 1.47. The molecule has 1 aromatic heterocycles. The molecule has 20 heavy (non-hydrogen) atoms. The maximum Gasteiger partial charge on any atom is 0.294 e. The van der Waals surface area contributed by atoms with Crippen LogP contribution in [0.5, 0.6) is 5.88 Å². The van der Waals surface area contributed by atoms with Crippen molar-refractivity contribution in [1.29, 1.82) is 0 Å². The third kappa shape index (κ3) is 3.60. The Kier molecular flexibility index (Phi) is 4.76. The second-order valence-corrected chi connectivity index (χ2v) is 4.49. The number of nitrogens with one attached hydrogen (secondary N) is 1. The summed E-state index contributed by atoms with van der Waals surface area (Å²) in [6.07, 6.45) is 3.40. The molecule has 5 nitrogen and oxygen atoms in total. The maximum atomic E-state index is 11.9. The number of carbonyl (C=O) groups is 1. The Morgan fingerprint density at radius 2 is 2.10 bits per heavy atom. The topological polar surface area (TPSA) is 64.4 Å². The van der Waals surface area contributed by atoms with Crippen molar-refractivity contribution in [3.8, 4) is 5.88 Å². The van der Waals surface area contributed by atoms with Gasteiger partial charge in [-0.25, -0.2) is 0 Å². The van der Waals surface area contributed by atoms with Crippen LogP contribution in [-0.4, -0.2) is 18.2 Å². The van der Waals surface area contributed by atoms with Crippen molar-refractivity contribution >= 4 is 11.6 Å². The first-order valence-electron chi connectivity index (χ1n) is 6.64. The van der Waals surface area contributed by atoms with Gasteiger partial charge in [-0.1, -0.05) is 25.5 Å². The highest BCUT2D eigenvalue weighted by Gasteiger charge is 2.13. The highest BCUT2D eigenvalue weighted by atomic mass is 16.5. The van der Waals surface area contributed by atoms with E-state index in [1.807, 2.05) is 24.3 Å². The Balaban J connectivity index is 1.97.